The van der Waals surface area contributed by atoms with E-state index in [0.29, 0.717) is 5.84 Å². The van der Waals surface area contributed by atoms with Crippen molar-refractivity contribution in [2.75, 3.05) is 5.75 Å². The summed E-state index contributed by atoms with van der Waals surface area (Å²) < 4.78 is 0. The van der Waals surface area contributed by atoms with Crippen molar-refractivity contribution in [2.45, 2.75) is 45.2 Å². The first-order valence-corrected chi connectivity index (χ1v) is 7.35. The molecule has 0 aliphatic carbocycles. The minimum absolute atomic E-state index is 0.251. The highest BCUT2D eigenvalue weighted by Gasteiger charge is 2.22. The number of oxime groups is 1. The van der Waals surface area contributed by atoms with Gasteiger partial charge >= 0.3 is 0 Å². The second-order valence-electron chi connectivity index (χ2n) is 5.16. The molecule has 0 spiro atoms. The number of amidine groups is 1. The van der Waals surface area contributed by atoms with E-state index >= 15 is 0 Å². The van der Waals surface area contributed by atoms with Crippen LogP contribution >= 0.6 is 11.8 Å². The highest BCUT2D eigenvalue weighted by Crippen LogP contribution is 2.24. The predicted molar refractivity (Wildman–Crippen MR) is 78.5 cm³/mol. The lowest BCUT2D eigenvalue weighted by atomic mass is 9.86. The van der Waals surface area contributed by atoms with Gasteiger partial charge in [0, 0.05) is 23.1 Å². The molecule has 19 heavy (non-hydrogen) atoms. The summed E-state index contributed by atoms with van der Waals surface area (Å²) in [6.45, 7) is 5.93. The molecule has 1 heterocycles. The maximum absolute atomic E-state index is 8.69. The number of nitrogens with zero attached hydrogens (tertiary/aromatic N) is 3. The largest absolute Gasteiger partial charge is 0.409 e. The maximum Gasteiger partial charge on any atom is 0.187 e. The number of unbranched alkanes of at least 4 members (excludes halogenated alkanes) is 1. The van der Waals surface area contributed by atoms with Crippen LogP contribution < -0.4 is 5.73 Å². The van der Waals surface area contributed by atoms with E-state index in [1.807, 2.05) is 26.8 Å². The van der Waals surface area contributed by atoms with Gasteiger partial charge in [-0.15, -0.1) is 0 Å². The van der Waals surface area contributed by atoms with Gasteiger partial charge in [0.05, 0.1) is 0 Å². The van der Waals surface area contributed by atoms with Crippen LogP contribution in [0, 0.1) is 12.3 Å². The fourth-order valence-electron chi connectivity index (χ4n) is 1.59. The third-order valence-electron chi connectivity index (χ3n) is 3.00. The van der Waals surface area contributed by atoms with Crippen LogP contribution in [0.1, 0.15) is 38.8 Å². The van der Waals surface area contributed by atoms with Crippen molar-refractivity contribution in [3.63, 3.8) is 0 Å². The first-order valence-electron chi connectivity index (χ1n) is 6.36. The van der Waals surface area contributed by atoms with E-state index in [2.05, 4.69) is 15.1 Å². The van der Waals surface area contributed by atoms with Crippen molar-refractivity contribution in [3.8, 4) is 0 Å². The first kappa shape index (κ1) is 15.8. The minimum Gasteiger partial charge on any atom is -0.409 e. The van der Waals surface area contributed by atoms with Gasteiger partial charge < -0.3 is 10.9 Å². The average Bonchev–Trinajstić information content (AvgIpc) is 2.37. The Hall–Kier alpha value is -1.30. The van der Waals surface area contributed by atoms with Gasteiger partial charge in [-0.05, 0) is 25.8 Å². The molecule has 0 radical (unpaired) electrons. The van der Waals surface area contributed by atoms with Crippen LogP contribution in [-0.2, 0) is 0 Å². The van der Waals surface area contributed by atoms with Crippen molar-refractivity contribution >= 4 is 17.6 Å². The van der Waals surface area contributed by atoms with Crippen molar-refractivity contribution < 1.29 is 5.21 Å². The summed E-state index contributed by atoms with van der Waals surface area (Å²) in [5.41, 5.74) is 6.39. The van der Waals surface area contributed by atoms with E-state index in [1.54, 1.807) is 18.0 Å². The van der Waals surface area contributed by atoms with E-state index in [0.717, 1.165) is 35.9 Å². The summed E-state index contributed by atoms with van der Waals surface area (Å²) in [5, 5.41) is 12.6. The molecule has 0 aromatic carbocycles. The fourth-order valence-corrected chi connectivity index (χ4v) is 2.47. The van der Waals surface area contributed by atoms with Gasteiger partial charge in [0.25, 0.3) is 0 Å². The molecular formula is C13H22N4OS. The standard InChI is InChI=1S/C13H22N4OS/c1-10-6-8-15-12(16-10)19-9-5-4-7-13(2,3)11(14)17-18/h6,8,18H,4-5,7,9H2,1-3H3,(H2,14,17). The Morgan fingerprint density at radius 2 is 2.21 bits per heavy atom. The van der Waals surface area contributed by atoms with Gasteiger partial charge in [0.1, 0.15) is 5.84 Å². The van der Waals surface area contributed by atoms with Crippen LogP contribution in [0.5, 0.6) is 0 Å². The number of rotatable bonds is 7. The number of aryl methyl sites for hydroxylation is 1. The van der Waals surface area contributed by atoms with Crippen LogP contribution in [0.15, 0.2) is 22.6 Å². The van der Waals surface area contributed by atoms with Crippen molar-refractivity contribution in [2.24, 2.45) is 16.3 Å². The Kier molecular flexibility index (Phi) is 6.08. The molecule has 0 saturated heterocycles. The topological polar surface area (TPSA) is 84.4 Å². The number of aromatic nitrogens is 2. The number of hydrogen-bond acceptors (Lipinski definition) is 5. The summed E-state index contributed by atoms with van der Waals surface area (Å²) in [5.74, 6) is 1.28. The van der Waals surface area contributed by atoms with Crippen LogP contribution in [-0.4, -0.2) is 26.8 Å². The Labute approximate surface area is 118 Å². The lowest BCUT2D eigenvalue weighted by Gasteiger charge is -2.22. The Balaban J connectivity index is 2.25. The Morgan fingerprint density at radius 1 is 1.47 bits per heavy atom. The maximum atomic E-state index is 8.69. The molecule has 0 atom stereocenters. The highest BCUT2D eigenvalue weighted by atomic mass is 32.2. The smallest absolute Gasteiger partial charge is 0.187 e. The first-order chi connectivity index (χ1) is 8.95. The SMILES string of the molecule is Cc1ccnc(SCCCCC(C)(C)/C(N)=N/O)n1. The van der Waals surface area contributed by atoms with Crippen molar-refractivity contribution in [1.29, 1.82) is 0 Å². The number of hydrogen-bond donors (Lipinski definition) is 2. The molecule has 3 N–H and O–H groups in total. The van der Waals surface area contributed by atoms with Gasteiger partial charge in [0.15, 0.2) is 5.16 Å². The average molecular weight is 282 g/mol. The van der Waals surface area contributed by atoms with Crippen LogP contribution in [0.4, 0.5) is 0 Å². The molecule has 0 bridgehead atoms. The number of thioether (sulfide) groups is 1. The normalized spacial score (nSPS) is 12.7. The zero-order valence-electron chi connectivity index (χ0n) is 11.8. The van der Waals surface area contributed by atoms with Gasteiger partial charge in [0.2, 0.25) is 0 Å². The van der Waals surface area contributed by atoms with Crippen LogP contribution in [0.2, 0.25) is 0 Å². The molecule has 0 aliphatic rings. The molecular weight excluding hydrogens is 260 g/mol. The third kappa shape index (κ3) is 5.46. The van der Waals surface area contributed by atoms with Crippen LogP contribution in [0.3, 0.4) is 0 Å². The lowest BCUT2D eigenvalue weighted by molar-refractivity contribution is 0.304. The van der Waals surface area contributed by atoms with Gasteiger partial charge in [-0.1, -0.05) is 37.2 Å². The molecule has 106 valence electrons. The Morgan fingerprint density at radius 3 is 2.84 bits per heavy atom. The molecule has 0 saturated carbocycles. The molecule has 5 nitrogen and oxygen atoms in total. The monoisotopic (exact) mass is 282 g/mol. The van der Waals surface area contributed by atoms with E-state index in [1.165, 1.54) is 0 Å². The van der Waals surface area contributed by atoms with Gasteiger partial charge in [-0.25, -0.2) is 9.97 Å². The third-order valence-corrected chi connectivity index (χ3v) is 3.95. The molecule has 0 unspecified atom stereocenters. The van der Waals surface area contributed by atoms with E-state index in [9.17, 15) is 0 Å². The number of nitrogens with two attached hydrogens (primary N) is 1. The summed E-state index contributed by atoms with van der Waals surface area (Å²) in [7, 11) is 0. The summed E-state index contributed by atoms with van der Waals surface area (Å²) in [6.07, 6.45) is 4.77. The van der Waals surface area contributed by atoms with Gasteiger partial charge in [-0.2, -0.15) is 0 Å². The van der Waals surface area contributed by atoms with Gasteiger partial charge in [-0.3, -0.25) is 0 Å². The molecule has 1 aromatic rings. The summed E-state index contributed by atoms with van der Waals surface area (Å²) >= 11 is 1.67. The predicted octanol–water partition coefficient (Wildman–Crippen LogP) is 2.82. The zero-order chi connectivity index (χ0) is 14.3. The Bertz CT molecular complexity index is 434. The zero-order valence-corrected chi connectivity index (χ0v) is 12.6. The van der Waals surface area contributed by atoms with E-state index in [4.69, 9.17) is 10.9 Å². The van der Waals surface area contributed by atoms with E-state index < -0.39 is 0 Å². The fraction of sp³-hybridized carbons (Fsp3) is 0.615. The quantitative estimate of drug-likeness (QED) is 0.153. The summed E-state index contributed by atoms with van der Waals surface area (Å²) in [6, 6.07) is 1.89. The molecule has 6 heteroatoms. The minimum atomic E-state index is -0.251. The molecule has 0 amide bonds. The van der Waals surface area contributed by atoms with Crippen LogP contribution in [0.25, 0.3) is 0 Å². The van der Waals surface area contributed by atoms with Crippen molar-refractivity contribution in [1.82, 2.24) is 9.97 Å². The van der Waals surface area contributed by atoms with Crippen molar-refractivity contribution in [3.05, 3.63) is 18.0 Å². The lowest BCUT2D eigenvalue weighted by Crippen LogP contribution is -2.31. The molecule has 0 aliphatic heterocycles. The molecule has 1 aromatic heterocycles. The highest BCUT2D eigenvalue weighted by molar-refractivity contribution is 7.99. The second kappa shape index (κ2) is 7.33. The summed E-state index contributed by atoms with van der Waals surface area (Å²) in [4.78, 5) is 8.55. The molecule has 0 fully saturated rings. The molecule has 1 rings (SSSR count). The second-order valence-corrected chi connectivity index (χ2v) is 6.22. The van der Waals surface area contributed by atoms with E-state index in [-0.39, 0.29) is 5.41 Å².